The topological polar surface area (TPSA) is 147 Å². The van der Waals surface area contributed by atoms with Crippen molar-refractivity contribution >= 4 is 54.5 Å². The van der Waals surface area contributed by atoms with Crippen molar-refractivity contribution in [2.45, 2.75) is 25.8 Å². The molecule has 1 aliphatic rings. The summed E-state index contributed by atoms with van der Waals surface area (Å²) < 4.78 is 33.2. The molecule has 4 aromatic rings. The van der Waals surface area contributed by atoms with Gasteiger partial charge in [0.1, 0.15) is 10.4 Å². The van der Waals surface area contributed by atoms with Crippen LogP contribution in [0.4, 0.5) is 16.4 Å². The van der Waals surface area contributed by atoms with E-state index < -0.39 is 16.1 Å². The summed E-state index contributed by atoms with van der Waals surface area (Å²) in [7, 11) is -3.55. The highest BCUT2D eigenvalue weighted by Gasteiger charge is 2.24. The Morgan fingerprint density at radius 2 is 1.98 bits per heavy atom. The lowest BCUT2D eigenvalue weighted by atomic mass is 10.0. The SMILES string of the molecule is Cc1ccc2c(NS(=O)(=O)CBr)cccc2c1Oc1ncccc1-c1ccnc(NC2CCCN(C(=O)O)C2)n1. The maximum Gasteiger partial charge on any atom is 0.407 e. The molecule has 1 amide bonds. The standard InChI is InChI=1S/C27H27BrN6O5S/c1-17-9-10-19-20(6-2-8-23(19)33-40(37,38)16-28)24(17)39-25-21(7-3-12-29-25)22-11-13-30-26(32-22)31-18-5-4-14-34(15-18)27(35)36/h2-3,6-13,18,33H,4-5,14-16H2,1H3,(H,35,36)(H,30,31,32). The van der Waals surface area contributed by atoms with Crippen molar-refractivity contribution in [3.8, 4) is 22.9 Å². The normalized spacial score (nSPS) is 15.6. The van der Waals surface area contributed by atoms with Gasteiger partial charge in [-0.3, -0.25) is 4.72 Å². The summed E-state index contributed by atoms with van der Waals surface area (Å²) in [5.41, 5.74) is 2.50. The summed E-state index contributed by atoms with van der Waals surface area (Å²) in [6.45, 7) is 2.78. The summed E-state index contributed by atoms with van der Waals surface area (Å²) in [6.07, 6.45) is 3.89. The van der Waals surface area contributed by atoms with E-state index in [1.54, 1.807) is 36.7 Å². The molecule has 40 heavy (non-hydrogen) atoms. The first-order chi connectivity index (χ1) is 19.2. The van der Waals surface area contributed by atoms with Crippen molar-refractivity contribution in [3.05, 3.63) is 66.5 Å². The molecule has 3 heterocycles. The molecule has 1 saturated heterocycles. The first-order valence-corrected chi connectivity index (χ1v) is 15.3. The average Bonchev–Trinajstić information content (AvgIpc) is 2.95. The highest BCUT2D eigenvalue weighted by molar-refractivity contribution is 9.10. The van der Waals surface area contributed by atoms with E-state index in [0.29, 0.717) is 53.0 Å². The van der Waals surface area contributed by atoms with Crippen molar-refractivity contribution in [2.24, 2.45) is 0 Å². The van der Waals surface area contributed by atoms with Gasteiger partial charge in [-0.25, -0.2) is 28.2 Å². The average molecular weight is 628 g/mol. The van der Waals surface area contributed by atoms with Gasteiger partial charge in [0.25, 0.3) is 0 Å². The maximum atomic E-state index is 12.2. The van der Waals surface area contributed by atoms with Crippen molar-refractivity contribution in [3.63, 3.8) is 0 Å². The lowest BCUT2D eigenvalue weighted by Gasteiger charge is -2.31. The van der Waals surface area contributed by atoms with Crippen molar-refractivity contribution in [1.29, 1.82) is 0 Å². The molecule has 3 N–H and O–H groups in total. The Kier molecular flexibility index (Phi) is 8.03. The van der Waals surface area contributed by atoms with E-state index in [4.69, 9.17) is 4.74 Å². The number of piperidine rings is 1. The molecular weight excluding hydrogens is 600 g/mol. The van der Waals surface area contributed by atoms with Crippen molar-refractivity contribution in [2.75, 3.05) is 27.8 Å². The number of aromatic nitrogens is 3. The zero-order valence-electron chi connectivity index (χ0n) is 21.5. The van der Waals surface area contributed by atoms with Crippen LogP contribution in [0, 0.1) is 6.92 Å². The van der Waals surface area contributed by atoms with Gasteiger partial charge in [-0.05, 0) is 49.6 Å². The fraction of sp³-hybridized carbons (Fsp3) is 0.259. The molecule has 13 heteroatoms. The van der Waals surface area contributed by atoms with E-state index in [1.165, 1.54) is 4.90 Å². The van der Waals surface area contributed by atoms with Gasteiger partial charge in [-0.1, -0.05) is 40.2 Å². The van der Waals surface area contributed by atoms with Gasteiger partial charge >= 0.3 is 6.09 Å². The molecule has 11 nitrogen and oxygen atoms in total. The van der Waals surface area contributed by atoms with Crippen LogP contribution >= 0.6 is 15.9 Å². The van der Waals surface area contributed by atoms with E-state index >= 15 is 0 Å². The van der Waals surface area contributed by atoms with E-state index in [9.17, 15) is 18.3 Å². The Hall–Kier alpha value is -3.97. The van der Waals surface area contributed by atoms with Crippen LogP contribution in [-0.4, -0.2) is 63.3 Å². The number of hydrogen-bond acceptors (Lipinski definition) is 8. The predicted octanol–water partition coefficient (Wildman–Crippen LogP) is 5.44. The molecule has 0 bridgehead atoms. The number of aryl methyl sites for hydroxylation is 1. The number of ether oxygens (including phenoxy) is 1. The monoisotopic (exact) mass is 626 g/mol. The first-order valence-electron chi connectivity index (χ1n) is 12.5. The third kappa shape index (κ3) is 6.10. The van der Waals surface area contributed by atoms with Gasteiger partial charge in [0.2, 0.25) is 21.9 Å². The molecule has 5 rings (SSSR count). The molecule has 0 aliphatic carbocycles. The van der Waals surface area contributed by atoms with Crippen LogP contribution in [0.15, 0.2) is 60.9 Å². The minimum absolute atomic E-state index is 0.0979. The van der Waals surface area contributed by atoms with E-state index in [1.807, 2.05) is 31.2 Å². The van der Waals surface area contributed by atoms with Gasteiger partial charge in [0.05, 0.1) is 16.9 Å². The number of benzene rings is 2. The van der Waals surface area contributed by atoms with E-state index in [2.05, 4.69) is 40.9 Å². The molecule has 2 aromatic carbocycles. The van der Waals surface area contributed by atoms with E-state index in [-0.39, 0.29) is 10.7 Å². The number of pyridine rings is 1. The van der Waals surface area contributed by atoms with Gasteiger partial charge in [0, 0.05) is 42.3 Å². The maximum absolute atomic E-state index is 12.2. The Morgan fingerprint density at radius 1 is 1.12 bits per heavy atom. The van der Waals surface area contributed by atoms with Crippen LogP contribution in [0.25, 0.3) is 22.0 Å². The molecule has 1 fully saturated rings. The number of fused-ring (bicyclic) bond motifs is 1. The second-order valence-corrected chi connectivity index (χ2v) is 12.4. The lowest BCUT2D eigenvalue weighted by molar-refractivity contribution is 0.132. The summed E-state index contributed by atoms with van der Waals surface area (Å²) in [5, 5.41) is 14.0. The van der Waals surface area contributed by atoms with Crippen LogP contribution in [0.2, 0.25) is 0 Å². The fourth-order valence-corrected chi connectivity index (χ4v) is 5.56. The summed E-state index contributed by atoms with van der Waals surface area (Å²) in [4.78, 5) is 26.3. The highest BCUT2D eigenvalue weighted by atomic mass is 79.9. The number of sulfonamides is 1. The molecule has 1 atom stereocenters. The Balaban J connectivity index is 1.46. The van der Waals surface area contributed by atoms with Crippen LogP contribution in [0.3, 0.4) is 0 Å². The van der Waals surface area contributed by atoms with Gasteiger partial charge in [0.15, 0.2) is 0 Å². The van der Waals surface area contributed by atoms with Gasteiger partial charge in [-0.15, -0.1) is 0 Å². The number of amides is 1. The Morgan fingerprint density at radius 3 is 2.77 bits per heavy atom. The Bertz CT molecular complexity index is 1670. The third-order valence-corrected chi connectivity index (χ3v) is 9.17. The number of halogens is 1. The molecule has 1 aliphatic heterocycles. The molecule has 0 saturated carbocycles. The minimum Gasteiger partial charge on any atom is -0.465 e. The number of likely N-dealkylation sites (tertiary alicyclic amines) is 1. The second kappa shape index (κ2) is 11.6. The van der Waals surface area contributed by atoms with Crippen molar-refractivity contribution in [1.82, 2.24) is 19.9 Å². The third-order valence-electron chi connectivity index (χ3n) is 6.54. The number of anilines is 2. The van der Waals surface area contributed by atoms with E-state index in [0.717, 1.165) is 23.8 Å². The van der Waals surface area contributed by atoms with Crippen LogP contribution < -0.4 is 14.8 Å². The molecule has 1 unspecified atom stereocenters. The number of nitrogens with one attached hydrogen (secondary N) is 2. The van der Waals surface area contributed by atoms with Gasteiger partial charge < -0.3 is 20.1 Å². The van der Waals surface area contributed by atoms with Crippen LogP contribution in [0.1, 0.15) is 18.4 Å². The van der Waals surface area contributed by atoms with Crippen LogP contribution in [-0.2, 0) is 10.0 Å². The zero-order chi connectivity index (χ0) is 28.3. The number of carbonyl (C=O) groups is 1. The number of alkyl halides is 1. The smallest absolute Gasteiger partial charge is 0.407 e. The largest absolute Gasteiger partial charge is 0.465 e. The first kappa shape index (κ1) is 27.6. The number of rotatable bonds is 8. The Labute approximate surface area is 239 Å². The highest BCUT2D eigenvalue weighted by Crippen LogP contribution is 2.38. The molecule has 0 radical (unpaired) electrons. The summed E-state index contributed by atoms with van der Waals surface area (Å²) >= 11 is 3.01. The minimum atomic E-state index is -3.55. The summed E-state index contributed by atoms with van der Waals surface area (Å²) in [6, 6.07) is 14.3. The van der Waals surface area contributed by atoms with Crippen molar-refractivity contribution < 1.29 is 23.1 Å². The predicted molar refractivity (Wildman–Crippen MR) is 157 cm³/mol. The quantitative estimate of drug-likeness (QED) is 0.217. The second-order valence-electron chi connectivity index (χ2n) is 9.37. The number of nitrogens with zero attached hydrogens (tertiary/aromatic N) is 4. The molecule has 0 spiro atoms. The van der Waals surface area contributed by atoms with Crippen LogP contribution in [0.5, 0.6) is 11.6 Å². The fourth-order valence-electron chi connectivity index (χ4n) is 4.65. The summed E-state index contributed by atoms with van der Waals surface area (Å²) in [5.74, 6) is 1.25. The zero-order valence-corrected chi connectivity index (χ0v) is 23.9. The van der Waals surface area contributed by atoms with Gasteiger partial charge in [-0.2, -0.15) is 0 Å². The molecule has 2 aromatic heterocycles. The number of hydrogen-bond donors (Lipinski definition) is 3. The molecule has 208 valence electrons. The number of carboxylic acid groups (broad SMARTS) is 1. The molecular formula is C27H27BrN6O5S. The lowest BCUT2D eigenvalue weighted by Crippen LogP contribution is -2.44.